The Morgan fingerprint density at radius 2 is 1.95 bits per heavy atom. The average Bonchev–Trinajstić information content (AvgIpc) is 2.40. The molecule has 0 unspecified atom stereocenters. The first-order valence-electron chi connectivity index (χ1n) is 5.37. The number of carbonyl (C=O) groups is 1. The fraction of sp³-hybridized carbons (Fsp3) is 0.0833. The van der Waals surface area contributed by atoms with Crippen LogP contribution in [0.4, 0.5) is 13.2 Å². The molecule has 0 aliphatic heterocycles. The van der Waals surface area contributed by atoms with Gasteiger partial charge in [0.15, 0.2) is 0 Å². The third-order valence-corrected chi connectivity index (χ3v) is 3.69. The number of halogens is 4. The molecular weight excluding hydrogens is 329 g/mol. The lowest BCUT2D eigenvalue weighted by molar-refractivity contribution is -0.137. The maximum atomic E-state index is 12.4. The fourth-order valence-corrected chi connectivity index (χ4v) is 2.31. The second-order valence-electron chi connectivity index (χ2n) is 3.80. The molecule has 2 aromatic heterocycles. The molecule has 4 nitrogen and oxygen atoms in total. The van der Waals surface area contributed by atoms with E-state index >= 15 is 0 Å². The van der Waals surface area contributed by atoms with E-state index in [0.717, 1.165) is 24.0 Å². The Morgan fingerprint density at radius 3 is 2.43 bits per heavy atom. The summed E-state index contributed by atoms with van der Waals surface area (Å²) in [6.45, 7) is 0. The summed E-state index contributed by atoms with van der Waals surface area (Å²) in [6.07, 6.45) is -2.63. The average molecular weight is 335 g/mol. The van der Waals surface area contributed by atoms with E-state index in [-0.39, 0.29) is 20.6 Å². The van der Waals surface area contributed by atoms with Crippen molar-refractivity contribution in [1.29, 1.82) is 0 Å². The molecule has 0 atom stereocenters. The number of hydrogen-bond acceptors (Lipinski definition) is 4. The van der Waals surface area contributed by atoms with Crippen LogP contribution in [0.2, 0.25) is 5.02 Å². The maximum absolute atomic E-state index is 12.4. The summed E-state index contributed by atoms with van der Waals surface area (Å²) in [7, 11) is 0. The standard InChI is InChI=1S/C12H6ClF3N2O2S/c13-8-3-6(11(19)20)4-18-10(8)21-9-2-1-7(5-17-9)12(14,15)16/h1-5H,(H,19,20). The Balaban J connectivity index is 2.20. The van der Waals surface area contributed by atoms with Crippen molar-refractivity contribution in [1.82, 2.24) is 9.97 Å². The summed E-state index contributed by atoms with van der Waals surface area (Å²) in [4.78, 5) is 18.3. The number of pyridine rings is 2. The van der Waals surface area contributed by atoms with Crippen LogP contribution in [0.5, 0.6) is 0 Å². The van der Waals surface area contributed by atoms with E-state index in [1.54, 1.807) is 0 Å². The quantitative estimate of drug-likeness (QED) is 0.919. The molecule has 0 spiro atoms. The molecule has 0 bridgehead atoms. The molecule has 0 aliphatic rings. The molecule has 21 heavy (non-hydrogen) atoms. The number of aromatic carboxylic acids is 1. The van der Waals surface area contributed by atoms with Crippen molar-refractivity contribution in [3.8, 4) is 0 Å². The monoisotopic (exact) mass is 334 g/mol. The van der Waals surface area contributed by atoms with Crippen LogP contribution in [0.1, 0.15) is 15.9 Å². The molecule has 2 heterocycles. The number of rotatable bonds is 3. The third-order valence-electron chi connectivity index (χ3n) is 2.32. The van der Waals surface area contributed by atoms with Crippen LogP contribution in [0.25, 0.3) is 0 Å². The minimum atomic E-state index is -4.45. The lowest BCUT2D eigenvalue weighted by Gasteiger charge is -2.07. The summed E-state index contributed by atoms with van der Waals surface area (Å²) < 4.78 is 37.2. The highest BCUT2D eigenvalue weighted by Gasteiger charge is 2.30. The Morgan fingerprint density at radius 1 is 1.24 bits per heavy atom. The first kappa shape index (κ1) is 15.6. The predicted molar refractivity (Wildman–Crippen MR) is 69.6 cm³/mol. The molecule has 0 saturated carbocycles. The molecule has 0 aliphatic carbocycles. The van der Waals surface area contributed by atoms with E-state index < -0.39 is 17.7 Å². The van der Waals surface area contributed by atoms with Crippen molar-refractivity contribution in [3.05, 3.63) is 46.7 Å². The Kier molecular flexibility index (Phi) is 4.38. The van der Waals surface area contributed by atoms with Crippen molar-refractivity contribution in [3.63, 3.8) is 0 Å². The van der Waals surface area contributed by atoms with Crippen molar-refractivity contribution >= 4 is 29.3 Å². The fourth-order valence-electron chi connectivity index (χ4n) is 1.32. The molecule has 110 valence electrons. The maximum Gasteiger partial charge on any atom is 0.417 e. The number of carboxylic acids is 1. The molecule has 0 amide bonds. The number of nitrogens with zero attached hydrogens (tertiary/aromatic N) is 2. The van der Waals surface area contributed by atoms with Crippen LogP contribution in [-0.4, -0.2) is 21.0 Å². The van der Waals surface area contributed by atoms with Gasteiger partial charge in [0.25, 0.3) is 0 Å². The van der Waals surface area contributed by atoms with Gasteiger partial charge in [0.05, 0.1) is 16.1 Å². The lowest BCUT2D eigenvalue weighted by atomic mass is 10.3. The van der Waals surface area contributed by atoms with Crippen LogP contribution in [0, 0.1) is 0 Å². The second kappa shape index (κ2) is 5.90. The molecule has 2 aromatic rings. The second-order valence-corrected chi connectivity index (χ2v) is 5.22. The summed E-state index contributed by atoms with van der Waals surface area (Å²) in [6, 6.07) is 3.30. The van der Waals surface area contributed by atoms with Crippen LogP contribution < -0.4 is 0 Å². The van der Waals surface area contributed by atoms with Gasteiger partial charge in [0, 0.05) is 12.4 Å². The highest BCUT2D eigenvalue weighted by Crippen LogP contribution is 2.33. The predicted octanol–water partition coefficient (Wildman–Crippen LogP) is 4.00. The molecular formula is C12H6ClF3N2O2S. The summed E-state index contributed by atoms with van der Waals surface area (Å²) in [5.74, 6) is -1.17. The van der Waals surface area contributed by atoms with Gasteiger partial charge in [-0.25, -0.2) is 14.8 Å². The zero-order chi connectivity index (χ0) is 15.6. The first-order valence-corrected chi connectivity index (χ1v) is 6.57. The molecule has 0 fully saturated rings. The Labute approximate surface area is 126 Å². The van der Waals surface area contributed by atoms with Gasteiger partial charge in [0.2, 0.25) is 0 Å². The topological polar surface area (TPSA) is 63.1 Å². The molecule has 2 rings (SSSR count). The van der Waals surface area contributed by atoms with E-state index in [2.05, 4.69) is 9.97 Å². The molecule has 1 N–H and O–H groups in total. The van der Waals surface area contributed by atoms with Gasteiger partial charge < -0.3 is 5.11 Å². The zero-order valence-electron chi connectivity index (χ0n) is 10.1. The molecule has 9 heteroatoms. The first-order chi connectivity index (χ1) is 9.77. The van der Waals surface area contributed by atoms with Crippen LogP contribution in [-0.2, 0) is 6.18 Å². The van der Waals surface area contributed by atoms with Gasteiger partial charge in [-0.05, 0) is 30.0 Å². The smallest absolute Gasteiger partial charge is 0.417 e. The highest BCUT2D eigenvalue weighted by molar-refractivity contribution is 7.99. The van der Waals surface area contributed by atoms with E-state index in [1.807, 2.05) is 0 Å². The van der Waals surface area contributed by atoms with E-state index in [1.165, 1.54) is 12.1 Å². The van der Waals surface area contributed by atoms with Gasteiger partial charge in [0.1, 0.15) is 10.1 Å². The minimum Gasteiger partial charge on any atom is -0.478 e. The number of aromatic nitrogens is 2. The normalized spacial score (nSPS) is 11.4. The third kappa shape index (κ3) is 3.85. The van der Waals surface area contributed by atoms with Crippen molar-refractivity contribution in [2.45, 2.75) is 16.2 Å². The van der Waals surface area contributed by atoms with Gasteiger partial charge in [-0.1, -0.05) is 11.6 Å². The Bertz CT molecular complexity index is 677. The molecule has 0 aromatic carbocycles. The van der Waals surface area contributed by atoms with Crippen LogP contribution >= 0.6 is 23.4 Å². The van der Waals surface area contributed by atoms with Crippen molar-refractivity contribution in [2.75, 3.05) is 0 Å². The van der Waals surface area contributed by atoms with E-state index in [9.17, 15) is 18.0 Å². The highest BCUT2D eigenvalue weighted by atomic mass is 35.5. The lowest BCUT2D eigenvalue weighted by Crippen LogP contribution is -2.05. The summed E-state index contributed by atoms with van der Waals surface area (Å²) in [5, 5.41) is 9.38. The molecule has 0 saturated heterocycles. The summed E-state index contributed by atoms with van der Waals surface area (Å²) in [5.41, 5.74) is -0.933. The Hall–Kier alpha value is -1.80. The van der Waals surface area contributed by atoms with Crippen LogP contribution in [0.15, 0.2) is 40.6 Å². The van der Waals surface area contributed by atoms with Gasteiger partial charge in [-0.3, -0.25) is 0 Å². The number of hydrogen-bond donors (Lipinski definition) is 1. The van der Waals surface area contributed by atoms with Gasteiger partial charge >= 0.3 is 12.1 Å². The van der Waals surface area contributed by atoms with Crippen molar-refractivity contribution < 1.29 is 23.1 Å². The summed E-state index contributed by atoms with van der Waals surface area (Å²) >= 11 is 6.81. The number of alkyl halides is 3. The minimum absolute atomic E-state index is 0.0790. The SMILES string of the molecule is O=C(O)c1cnc(Sc2ccc(C(F)(F)F)cn2)c(Cl)c1. The van der Waals surface area contributed by atoms with Crippen molar-refractivity contribution in [2.24, 2.45) is 0 Å². The van der Waals surface area contributed by atoms with Gasteiger partial charge in [-0.15, -0.1) is 0 Å². The van der Waals surface area contributed by atoms with Crippen LogP contribution in [0.3, 0.4) is 0 Å². The van der Waals surface area contributed by atoms with E-state index in [4.69, 9.17) is 16.7 Å². The number of carboxylic acid groups (broad SMARTS) is 1. The largest absolute Gasteiger partial charge is 0.478 e. The molecule has 0 radical (unpaired) electrons. The zero-order valence-corrected chi connectivity index (χ0v) is 11.6. The van der Waals surface area contributed by atoms with Gasteiger partial charge in [-0.2, -0.15) is 13.2 Å². The van der Waals surface area contributed by atoms with E-state index in [0.29, 0.717) is 6.20 Å².